The third-order valence-corrected chi connectivity index (χ3v) is 5.92. The Morgan fingerprint density at radius 3 is 2.32 bits per heavy atom. The highest BCUT2D eigenvalue weighted by molar-refractivity contribution is 6.30. The Balaban J connectivity index is 1.76. The highest BCUT2D eigenvalue weighted by atomic mass is 35.5. The first kappa shape index (κ1) is 26.1. The second-order valence-electron chi connectivity index (χ2n) is 8.48. The molecule has 1 aliphatic heterocycles. The number of rotatable bonds is 11. The minimum Gasteiger partial charge on any atom is -0.492 e. The van der Waals surface area contributed by atoms with Crippen LogP contribution >= 0.6 is 11.6 Å². The number of anilines is 2. The highest BCUT2D eigenvalue weighted by Crippen LogP contribution is 2.39. The molecule has 1 aliphatic rings. The van der Waals surface area contributed by atoms with E-state index in [1.54, 1.807) is 0 Å². The van der Waals surface area contributed by atoms with Crippen molar-refractivity contribution >= 4 is 28.9 Å². The van der Waals surface area contributed by atoms with Gasteiger partial charge in [-0.25, -0.2) is 0 Å². The number of benzene rings is 2. The third-order valence-electron chi connectivity index (χ3n) is 5.67. The van der Waals surface area contributed by atoms with Gasteiger partial charge in [0.05, 0.1) is 44.3 Å². The topological polar surface area (TPSA) is 72.1 Å². The van der Waals surface area contributed by atoms with E-state index < -0.39 is 0 Å². The Bertz CT molecular complexity index is 930. The van der Waals surface area contributed by atoms with Crippen LogP contribution in [-0.2, 0) is 9.53 Å². The van der Waals surface area contributed by atoms with E-state index >= 15 is 0 Å². The van der Waals surface area contributed by atoms with Gasteiger partial charge in [0.25, 0.3) is 0 Å². The van der Waals surface area contributed by atoms with Gasteiger partial charge in [-0.2, -0.15) is 0 Å². The van der Waals surface area contributed by atoms with Crippen molar-refractivity contribution in [3.63, 3.8) is 0 Å². The number of carbonyl (C=O) groups is 1. The summed E-state index contributed by atoms with van der Waals surface area (Å²) in [7, 11) is 0. The molecule has 0 saturated carbocycles. The lowest BCUT2D eigenvalue weighted by Gasteiger charge is -2.31. The average Bonchev–Trinajstić information content (AvgIpc) is 2.82. The highest BCUT2D eigenvalue weighted by Gasteiger charge is 2.21. The average molecular weight is 490 g/mol. The lowest BCUT2D eigenvalue weighted by atomic mass is 9.96. The van der Waals surface area contributed by atoms with Crippen LogP contribution in [0.2, 0.25) is 5.02 Å². The molecule has 2 N–H and O–H groups in total. The van der Waals surface area contributed by atoms with Crippen LogP contribution in [0.3, 0.4) is 0 Å². The molecule has 1 amide bonds. The second-order valence-corrected chi connectivity index (χ2v) is 8.92. The lowest BCUT2D eigenvalue weighted by molar-refractivity contribution is -0.115. The summed E-state index contributed by atoms with van der Waals surface area (Å²) in [6.07, 6.45) is 0. The van der Waals surface area contributed by atoms with Gasteiger partial charge in [0.1, 0.15) is 11.5 Å². The van der Waals surface area contributed by atoms with Crippen molar-refractivity contribution in [1.29, 1.82) is 0 Å². The first-order valence-corrected chi connectivity index (χ1v) is 12.4. The maximum Gasteiger partial charge on any atom is 0.238 e. The summed E-state index contributed by atoms with van der Waals surface area (Å²) in [5, 5.41) is 7.08. The molecule has 1 heterocycles. The Hall–Kier alpha value is -2.48. The van der Waals surface area contributed by atoms with Crippen LogP contribution in [0.5, 0.6) is 11.5 Å². The summed E-state index contributed by atoms with van der Waals surface area (Å²) in [6, 6.07) is 11.6. The Morgan fingerprint density at radius 2 is 1.71 bits per heavy atom. The summed E-state index contributed by atoms with van der Waals surface area (Å²) in [4.78, 5) is 15.1. The molecule has 0 radical (unpaired) electrons. The number of nitrogens with one attached hydrogen (secondary N) is 2. The molecular weight excluding hydrogens is 454 g/mol. The number of hydrogen-bond donors (Lipinski definition) is 2. The van der Waals surface area contributed by atoms with Crippen molar-refractivity contribution < 1.29 is 19.0 Å². The molecule has 2 aromatic carbocycles. The fraction of sp³-hybridized carbons (Fsp3) is 0.500. The summed E-state index contributed by atoms with van der Waals surface area (Å²) < 4.78 is 17.3. The zero-order valence-corrected chi connectivity index (χ0v) is 21.3. The van der Waals surface area contributed by atoms with Crippen molar-refractivity contribution in [2.24, 2.45) is 5.92 Å². The first-order valence-electron chi connectivity index (χ1n) is 12.0. The molecule has 1 saturated heterocycles. The predicted octanol–water partition coefficient (Wildman–Crippen LogP) is 4.90. The lowest BCUT2D eigenvalue weighted by Crippen LogP contribution is -2.36. The molecule has 7 nitrogen and oxygen atoms in total. The number of hydrogen-bond acceptors (Lipinski definition) is 6. The van der Waals surface area contributed by atoms with Gasteiger partial charge in [-0.3, -0.25) is 4.79 Å². The van der Waals surface area contributed by atoms with E-state index in [0.29, 0.717) is 48.8 Å². The molecule has 34 heavy (non-hydrogen) atoms. The van der Waals surface area contributed by atoms with E-state index in [4.69, 9.17) is 25.8 Å². The number of nitrogens with zero attached hydrogens (tertiary/aromatic N) is 1. The molecular formula is C26H36ClN3O4. The minimum atomic E-state index is -0.151. The molecule has 186 valence electrons. The fourth-order valence-electron chi connectivity index (χ4n) is 4.05. The first-order chi connectivity index (χ1) is 16.4. The van der Waals surface area contributed by atoms with Gasteiger partial charge in [0, 0.05) is 36.3 Å². The van der Waals surface area contributed by atoms with Gasteiger partial charge in [0.15, 0.2) is 0 Å². The maximum atomic E-state index is 12.9. The molecule has 1 fully saturated rings. The number of morpholine rings is 1. The molecule has 8 heteroatoms. The van der Waals surface area contributed by atoms with Crippen molar-refractivity contribution in [2.75, 3.05) is 56.3 Å². The molecule has 3 rings (SSSR count). The summed E-state index contributed by atoms with van der Waals surface area (Å²) in [5.41, 5.74) is 2.64. The summed E-state index contributed by atoms with van der Waals surface area (Å²) in [5.74, 6) is 1.49. The molecule has 1 unspecified atom stereocenters. The normalized spacial score (nSPS) is 14.7. The monoisotopic (exact) mass is 489 g/mol. The Morgan fingerprint density at radius 1 is 1.06 bits per heavy atom. The molecule has 0 spiro atoms. The van der Waals surface area contributed by atoms with Crippen molar-refractivity contribution in [3.05, 3.63) is 47.0 Å². The van der Waals surface area contributed by atoms with Crippen LogP contribution < -0.4 is 25.0 Å². The Kier molecular flexibility index (Phi) is 9.86. The molecule has 2 aromatic rings. The van der Waals surface area contributed by atoms with E-state index in [2.05, 4.69) is 29.4 Å². The van der Waals surface area contributed by atoms with Crippen LogP contribution in [0.4, 0.5) is 11.4 Å². The van der Waals surface area contributed by atoms with Crippen molar-refractivity contribution in [2.45, 2.75) is 33.7 Å². The van der Waals surface area contributed by atoms with E-state index in [0.717, 1.165) is 30.1 Å². The van der Waals surface area contributed by atoms with E-state index in [9.17, 15) is 4.79 Å². The minimum absolute atomic E-state index is 0.0251. The van der Waals surface area contributed by atoms with Gasteiger partial charge in [-0.15, -0.1) is 0 Å². The molecule has 0 bridgehead atoms. The standard InChI is InChI=1S/C26H36ClN3O4/c1-5-33-23-16-22(30-11-13-32-14-12-30)24(34-6-2)15-21(23)29-25(31)17-28-26(18(3)4)19-7-9-20(27)10-8-19/h7-10,15-16,18,26,28H,5-6,11-14,17H2,1-4H3,(H,29,31). The van der Waals surface area contributed by atoms with E-state index in [1.807, 2.05) is 50.2 Å². The quantitative estimate of drug-likeness (QED) is 0.468. The van der Waals surface area contributed by atoms with Crippen molar-refractivity contribution in [3.8, 4) is 11.5 Å². The zero-order chi connectivity index (χ0) is 24.5. The van der Waals surface area contributed by atoms with Crippen LogP contribution in [-0.4, -0.2) is 52.0 Å². The molecule has 1 atom stereocenters. The summed E-state index contributed by atoms with van der Waals surface area (Å²) >= 11 is 6.03. The van der Waals surface area contributed by atoms with Crippen LogP contribution in [0.15, 0.2) is 36.4 Å². The Labute approximate surface area is 207 Å². The number of halogens is 1. The third kappa shape index (κ3) is 7.01. The maximum absolute atomic E-state index is 12.9. The van der Waals surface area contributed by atoms with Gasteiger partial charge < -0.3 is 29.7 Å². The zero-order valence-electron chi connectivity index (χ0n) is 20.5. The van der Waals surface area contributed by atoms with E-state index in [-0.39, 0.29) is 18.5 Å². The largest absolute Gasteiger partial charge is 0.492 e. The second kappa shape index (κ2) is 12.8. The van der Waals surface area contributed by atoms with Gasteiger partial charge >= 0.3 is 0 Å². The van der Waals surface area contributed by atoms with Gasteiger partial charge in [0.2, 0.25) is 5.91 Å². The number of carbonyl (C=O) groups excluding carboxylic acids is 1. The smallest absolute Gasteiger partial charge is 0.238 e. The number of ether oxygens (including phenoxy) is 3. The summed E-state index contributed by atoms with van der Waals surface area (Å²) in [6.45, 7) is 12.2. The van der Waals surface area contributed by atoms with Gasteiger partial charge in [-0.05, 0) is 37.5 Å². The SMILES string of the molecule is CCOc1cc(N2CCOCC2)c(OCC)cc1NC(=O)CNC(c1ccc(Cl)cc1)C(C)C. The van der Waals surface area contributed by atoms with E-state index in [1.165, 1.54) is 0 Å². The van der Waals surface area contributed by atoms with Crippen LogP contribution in [0, 0.1) is 5.92 Å². The van der Waals surface area contributed by atoms with Gasteiger partial charge in [-0.1, -0.05) is 37.6 Å². The van der Waals surface area contributed by atoms with Crippen LogP contribution in [0.25, 0.3) is 0 Å². The predicted molar refractivity (Wildman–Crippen MR) is 137 cm³/mol. The number of amides is 1. The molecule has 0 aliphatic carbocycles. The fourth-order valence-corrected chi connectivity index (χ4v) is 4.18. The van der Waals surface area contributed by atoms with Crippen LogP contribution in [0.1, 0.15) is 39.3 Å². The molecule has 0 aromatic heterocycles. The van der Waals surface area contributed by atoms with Crippen molar-refractivity contribution in [1.82, 2.24) is 5.32 Å².